The molecule has 6 nitrogen and oxygen atoms in total. The molecule has 3 aromatic rings. The minimum absolute atomic E-state index is 0.105. The molecule has 0 fully saturated rings. The summed E-state index contributed by atoms with van der Waals surface area (Å²) in [7, 11) is 3.21. The SMILES string of the molecule is COc1ccc(OC)c(Nc2nc(CC(=O)Nc3ccccc3)cs2)c1. The Hall–Kier alpha value is -3.06. The van der Waals surface area contributed by atoms with Gasteiger partial charge in [0.15, 0.2) is 5.13 Å². The third-order valence-corrected chi connectivity index (χ3v) is 4.41. The number of para-hydroxylation sites is 1. The number of carbonyl (C=O) groups excluding carboxylic acids is 1. The zero-order valence-corrected chi connectivity index (χ0v) is 15.3. The highest BCUT2D eigenvalue weighted by atomic mass is 32.1. The summed E-state index contributed by atoms with van der Waals surface area (Å²) in [5.74, 6) is 1.30. The minimum atomic E-state index is -0.105. The fourth-order valence-electron chi connectivity index (χ4n) is 2.36. The molecule has 0 saturated carbocycles. The summed E-state index contributed by atoms with van der Waals surface area (Å²) in [5, 5.41) is 8.60. The average Bonchev–Trinajstić information content (AvgIpc) is 3.09. The first-order valence-corrected chi connectivity index (χ1v) is 8.84. The van der Waals surface area contributed by atoms with Crippen LogP contribution in [0, 0.1) is 0 Å². The number of nitrogens with zero attached hydrogens (tertiary/aromatic N) is 1. The van der Waals surface area contributed by atoms with E-state index in [2.05, 4.69) is 15.6 Å². The molecule has 0 aliphatic rings. The van der Waals surface area contributed by atoms with Crippen molar-refractivity contribution < 1.29 is 14.3 Å². The van der Waals surface area contributed by atoms with E-state index in [0.717, 1.165) is 11.4 Å². The maximum Gasteiger partial charge on any atom is 0.230 e. The van der Waals surface area contributed by atoms with E-state index in [1.807, 2.05) is 53.9 Å². The molecule has 2 aromatic carbocycles. The molecule has 26 heavy (non-hydrogen) atoms. The van der Waals surface area contributed by atoms with E-state index in [-0.39, 0.29) is 12.3 Å². The van der Waals surface area contributed by atoms with Gasteiger partial charge in [-0.15, -0.1) is 11.3 Å². The van der Waals surface area contributed by atoms with Gasteiger partial charge in [0.2, 0.25) is 5.91 Å². The van der Waals surface area contributed by atoms with Crippen molar-refractivity contribution in [3.05, 3.63) is 59.6 Å². The third kappa shape index (κ3) is 4.52. The van der Waals surface area contributed by atoms with Crippen LogP contribution in [0.15, 0.2) is 53.9 Å². The van der Waals surface area contributed by atoms with E-state index < -0.39 is 0 Å². The molecule has 0 bridgehead atoms. The number of benzene rings is 2. The van der Waals surface area contributed by atoms with Crippen molar-refractivity contribution in [1.29, 1.82) is 0 Å². The molecule has 1 aromatic heterocycles. The van der Waals surface area contributed by atoms with Gasteiger partial charge in [-0.05, 0) is 24.3 Å². The second-order valence-electron chi connectivity index (χ2n) is 5.43. The first-order chi connectivity index (χ1) is 12.7. The lowest BCUT2D eigenvalue weighted by molar-refractivity contribution is -0.115. The van der Waals surface area contributed by atoms with Crippen LogP contribution >= 0.6 is 11.3 Å². The van der Waals surface area contributed by atoms with Crippen molar-refractivity contribution >= 4 is 33.8 Å². The smallest absolute Gasteiger partial charge is 0.230 e. The Morgan fingerprint density at radius 3 is 2.65 bits per heavy atom. The third-order valence-electron chi connectivity index (χ3n) is 3.60. The number of thiazole rings is 1. The van der Waals surface area contributed by atoms with Crippen molar-refractivity contribution in [3.8, 4) is 11.5 Å². The van der Waals surface area contributed by atoms with E-state index >= 15 is 0 Å². The van der Waals surface area contributed by atoms with Crippen molar-refractivity contribution in [3.63, 3.8) is 0 Å². The molecule has 0 spiro atoms. The molecule has 0 atom stereocenters. The minimum Gasteiger partial charge on any atom is -0.497 e. The first kappa shape index (κ1) is 17.8. The topological polar surface area (TPSA) is 72.5 Å². The van der Waals surface area contributed by atoms with Gasteiger partial charge < -0.3 is 20.1 Å². The Balaban J connectivity index is 1.66. The zero-order chi connectivity index (χ0) is 18.4. The highest BCUT2D eigenvalue weighted by Gasteiger charge is 2.11. The standard InChI is InChI=1S/C19H19N3O3S/c1-24-15-8-9-17(25-2)16(11-15)22-19-21-14(12-26-19)10-18(23)20-13-6-4-3-5-7-13/h3-9,11-12H,10H2,1-2H3,(H,20,23)(H,21,22). The van der Waals surface area contributed by atoms with E-state index in [4.69, 9.17) is 9.47 Å². The normalized spacial score (nSPS) is 10.2. The van der Waals surface area contributed by atoms with Crippen LogP contribution in [-0.4, -0.2) is 25.1 Å². The number of hydrogen-bond donors (Lipinski definition) is 2. The number of methoxy groups -OCH3 is 2. The molecule has 3 rings (SSSR count). The lowest BCUT2D eigenvalue weighted by atomic mass is 10.2. The highest BCUT2D eigenvalue weighted by molar-refractivity contribution is 7.13. The van der Waals surface area contributed by atoms with Gasteiger partial charge in [0.05, 0.1) is 32.0 Å². The molecular weight excluding hydrogens is 350 g/mol. The molecule has 0 unspecified atom stereocenters. The maximum atomic E-state index is 12.1. The Labute approximate surface area is 155 Å². The number of rotatable bonds is 7. The van der Waals surface area contributed by atoms with E-state index in [1.165, 1.54) is 11.3 Å². The summed E-state index contributed by atoms with van der Waals surface area (Å²) in [6.07, 6.45) is 0.211. The molecule has 0 saturated heterocycles. The van der Waals surface area contributed by atoms with Crippen molar-refractivity contribution in [2.24, 2.45) is 0 Å². The molecule has 0 aliphatic carbocycles. The maximum absolute atomic E-state index is 12.1. The lowest BCUT2D eigenvalue weighted by Crippen LogP contribution is -2.14. The quantitative estimate of drug-likeness (QED) is 0.656. The number of ether oxygens (including phenoxy) is 2. The van der Waals surface area contributed by atoms with Gasteiger partial charge >= 0.3 is 0 Å². The van der Waals surface area contributed by atoms with Gasteiger partial charge in [0.25, 0.3) is 0 Å². The second-order valence-corrected chi connectivity index (χ2v) is 6.28. The van der Waals surface area contributed by atoms with Gasteiger partial charge in [0, 0.05) is 17.1 Å². The highest BCUT2D eigenvalue weighted by Crippen LogP contribution is 2.32. The molecule has 2 N–H and O–H groups in total. The molecule has 0 aliphatic heterocycles. The number of carbonyl (C=O) groups is 1. The van der Waals surface area contributed by atoms with Crippen LogP contribution < -0.4 is 20.1 Å². The molecule has 134 valence electrons. The average molecular weight is 369 g/mol. The summed E-state index contributed by atoms with van der Waals surface area (Å²) in [4.78, 5) is 16.6. The van der Waals surface area contributed by atoms with Crippen LogP contribution in [0.3, 0.4) is 0 Å². The number of anilines is 3. The van der Waals surface area contributed by atoms with Crippen LogP contribution in [0.4, 0.5) is 16.5 Å². The van der Waals surface area contributed by atoms with E-state index in [1.54, 1.807) is 14.2 Å². The number of aromatic nitrogens is 1. The van der Waals surface area contributed by atoms with Crippen LogP contribution in [0.1, 0.15) is 5.69 Å². The summed E-state index contributed by atoms with van der Waals surface area (Å²) >= 11 is 1.43. The van der Waals surface area contributed by atoms with Crippen LogP contribution in [0.25, 0.3) is 0 Å². The van der Waals surface area contributed by atoms with Crippen molar-refractivity contribution in [2.75, 3.05) is 24.9 Å². The van der Waals surface area contributed by atoms with Crippen molar-refractivity contribution in [2.45, 2.75) is 6.42 Å². The Bertz CT molecular complexity index is 881. The monoisotopic (exact) mass is 369 g/mol. The summed E-state index contributed by atoms with van der Waals surface area (Å²) in [6, 6.07) is 14.8. The number of hydrogen-bond acceptors (Lipinski definition) is 6. The van der Waals surface area contributed by atoms with Gasteiger partial charge in [-0.1, -0.05) is 18.2 Å². The Morgan fingerprint density at radius 2 is 1.92 bits per heavy atom. The predicted molar refractivity (Wildman–Crippen MR) is 104 cm³/mol. The zero-order valence-electron chi connectivity index (χ0n) is 14.5. The van der Waals surface area contributed by atoms with E-state index in [0.29, 0.717) is 22.3 Å². The molecule has 1 amide bonds. The summed E-state index contributed by atoms with van der Waals surface area (Å²) in [5.41, 5.74) is 2.22. The Morgan fingerprint density at radius 1 is 1.12 bits per heavy atom. The van der Waals surface area contributed by atoms with Gasteiger partial charge in [-0.3, -0.25) is 4.79 Å². The predicted octanol–water partition coefficient (Wildman–Crippen LogP) is 4.09. The molecule has 7 heteroatoms. The fourth-order valence-corrected chi connectivity index (χ4v) is 3.09. The summed E-state index contributed by atoms with van der Waals surface area (Å²) < 4.78 is 10.6. The van der Waals surface area contributed by atoms with Crippen LogP contribution in [-0.2, 0) is 11.2 Å². The first-order valence-electron chi connectivity index (χ1n) is 7.96. The lowest BCUT2D eigenvalue weighted by Gasteiger charge is -2.10. The fraction of sp³-hybridized carbons (Fsp3) is 0.158. The molecule has 1 heterocycles. The number of nitrogens with one attached hydrogen (secondary N) is 2. The number of amides is 1. The van der Waals surface area contributed by atoms with Crippen LogP contribution in [0.2, 0.25) is 0 Å². The second kappa shape index (κ2) is 8.35. The largest absolute Gasteiger partial charge is 0.497 e. The Kier molecular flexibility index (Phi) is 5.70. The molecular formula is C19H19N3O3S. The van der Waals surface area contributed by atoms with Gasteiger partial charge in [-0.25, -0.2) is 4.98 Å². The summed E-state index contributed by atoms with van der Waals surface area (Å²) in [6.45, 7) is 0. The van der Waals surface area contributed by atoms with E-state index in [9.17, 15) is 4.79 Å². The van der Waals surface area contributed by atoms with Gasteiger partial charge in [0.1, 0.15) is 11.5 Å². The van der Waals surface area contributed by atoms with Crippen LogP contribution in [0.5, 0.6) is 11.5 Å². The van der Waals surface area contributed by atoms with Gasteiger partial charge in [-0.2, -0.15) is 0 Å². The molecule has 0 radical (unpaired) electrons. The van der Waals surface area contributed by atoms with Crippen molar-refractivity contribution in [1.82, 2.24) is 4.98 Å².